The number of aliphatic hydroxyl groups excluding tert-OH is 7. The lowest BCUT2D eigenvalue weighted by Gasteiger charge is -2.66. The predicted molar refractivity (Wildman–Crippen MR) is 327 cm³/mol. The molecule has 3 saturated carbocycles. The Labute approximate surface area is 549 Å². The molecule has 1 aromatic rings. The molecule has 0 spiro atoms. The van der Waals surface area contributed by atoms with Crippen molar-refractivity contribution in [1.29, 1.82) is 0 Å². The van der Waals surface area contributed by atoms with Gasteiger partial charge >= 0.3 is 5.97 Å². The Morgan fingerprint density at radius 3 is 1.59 bits per heavy atom. The van der Waals surface area contributed by atoms with E-state index in [2.05, 4.69) is 6.92 Å². The highest BCUT2D eigenvalue weighted by Crippen LogP contribution is 2.70. The van der Waals surface area contributed by atoms with Gasteiger partial charge in [0.05, 0.1) is 73.8 Å². The summed E-state index contributed by atoms with van der Waals surface area (Å²) < 4.78 is 93.3. The average molecular weight is 1340 g/mol. The Balaban J connectivity index is 0.632. The number of fused-ring (bicyclic) bond motifs is 5. The molecular weight excluding hydrogens is 1230 g/mol. The molecule has 1 aromatic carbocycles. The summed E-state index contributed by atoms with van der Waals surface area (Å²) >= 11 is 0. The van der Waals surface area contributed by atoms with Crippen LogP contribution in [-0.4, -0.2) is 256 Å². The van der Waals surface area contributed by atoms with Crippen LogP contribution in [0.5, 0.6) is 0 Å². The molecular formula is C68H102O26. The van der Waals surface area contributed by atoms with Crippen LogP contribution in [0.3, 0.4) is 0 Å². The minimum Gasteiger partial charge on any atom is -0.458 e. The highest BCUT2D eigenvalue weighted by molar-refractivity contribution is 5.87. The van der Waals surface area contributed by atoms with Gasteiger partial charge < -0.3 is 117 Å². The van der Waals surface area contributed by atoms with Gasteiger partial charge in [0.15, 0.2) is 37.7 Å². The zero-order chi connectivity index (χ0) is 67.5. The fourth-order valence-corrected chi connectivity index (χ4v) is 17.6. The van der Waals surface area contributed by atoms with Crippen molar-refractivity contribution in [3.8, 4) is 0 Å². The summed E-state index contributed by atoms with van der Waals surface area (Å²) in [5.74, 6) is -1.83. The van der Waals surface area contributed by atoms with E-state index in [0.717, 1.165) is 11.1 Å². The molecule has 0 bridgehead atoms. The molecule has 6 saturated heterocycles. The summed E-state index contributed by atoms with van der Waals surface area (Å²) in [7, 11) is 3.02. The lowest BCUT2D eigenvalue weighted by molar-refractivity contribution is -0.358. The van der Waals surface area contributed by atoms with Crippen LogP contribution in [0.25, 0.3) is 6.08 Å². The van der Waals surface area contributed by atoms with Crippen molar-refractivity contribution in [3.05, 3.63) is 53.6 Å². The largest absolute Gasteiger partial charge is 0.458 e. The first-order valence-corrected chi connectivity index (χ1v) is 33.8. The smallest absolute Gasteiger partial charge is 0.331 e. The number of Topliss-reactive ketones (excluding diaryl/α,β-unsaturated/α-hetero) is 1. The number of ketones is 1. The monoisotopic (exact) mass is 1330 g/mol. The van der Waals surface area contributed by atoms with Crippen LogP contribution in [0.1, 0.15) is 138 Å². The number of hydrogen-bond donors (Lipinski definition) is 9. The third-order valence-electron chi connectivity index (χ3n) is 22.9. The van der Waals surface area contributed by atoms with E-state index in [1.807, 2.05) is 57.2 Å². The number of carbonyl (C=O) groups excluding carboxylic acids is 2. The molecule has 33 atom stereocenters. The molecule has 530 valence electrons. The summed E-state index contributed by atoms with van der Waals surface area (Å²) in [6, 6.07) is 9.38. The second kappa shape index (κ2) is 29.2. The van der Waals surface area contributed by atoms with Crippen LogP contribution in [0.2, 0.25) is 0 Å². The minimum absolute atomic E-state index is 0.0110. The van der Waals surface area contributed by atoms with Gasteiger partial charge in [0, 0.05) is 69.7 Å². The van der Waals surface area contributed by atoms with E-state index >= 15 is 0 Å². The van der Waals surface area contributed by atoms with E-state index in [0.29, 0.717) is 25.7 Å². The number of ether oxygens (including phenoxy) is 15. The van der Waals surface area contributed by atoms with Gasteiger partial charge in [-0.2, -0.15) is 0 Å². The van der Waals surface area contributed by atoms with Gasteiger partial charge in [-0.15, -0.1) is 0 Å². The maximum Gasteiger partial charge on any atom is 0.331 e. The van der Waals surface area contributed by atoms with Gasteiger partial charge in [0.2, 0.25) is 0 Å². The topological polar surface area (TPSA) is 355 Å². The van der Waals surface area contributed by atoms with Crippen molar-refractivity contribution in [2.75, 3.05) is 20.8 Å². The maximum atomic E-state index is 13.6. The van der Waals surface area contributed by atoms with Gasteiger partial charge in [-0.3, -0.25) is 4.79 Å². The van der Waals surface area contributed by atoms with Gasteiger partial charge in [-0.05, 0) is 104 Å². The molecule has 4 aliphatic carbocycles. The van der Waals surface area contributed by atoms with Gasteiger partial charge in [0.25, 0.3) is 0 Å². The number of carbonyl (C=O) groups is 2. The number of aliphatic hydroxyl groups is 9. The molecule has 10 aliphatic rings. The van der Waals surface area contributed by atoms with E-state index in [9.17, 15) is 55.5 Å². The third-order valence-corrected chi connectivity index (χ3v) is 22.9. The van der Waals surface area contributed by atoms with Gasteiger partial charge in [-0.1, -0.05) is 55.8 Å². The van der Waals surface area contributed by atoms with E-state index in [4.69, 9.17) is 71.1 Å². The van der Waals surface area contributed by atoms with E-state index < -0.39 is 206 Å². The first-order valence-electron chi connectivity index (χ1n) is 33.8. The van der Waals surface area contributed by atoms with Crippen molar-refractivity contribution in [1.82, 2.24) is 0 Å². The molecule has 94 heavy (non-hydrogen) atoms. The van der Waals surface area contributed by atoms with E-state index in [-0.39, 0.29) is 63.3 Å². The molecule has 0 amide bonds. The Bertz CT molecular complexity index is 2740. The van der Waals surface area contributed by atoms with E-state index in [1.165, 1.54) is 20.1 Å². The van der Waals surface area contributed by atoms with Crippen molar-refractivity contribution >= 4 is 17.8 Å². The highest BCUT2D eigenvalue weighted by Gasteiger charge is 2.77. The highest BCUT2D eigenvalue weighted by atomic mass is 16.8. The van der Waals surface area contributed by atoms with E-state index in [1.54, 1.807) is 34.0 Å². The maximum absolute atomic E-state index is 13.6. The Hall–Kier alpha value is -3.08. The quantitative estimate of drug-likeness (QED) is 0.0546. The lowest BCUT2D eigenvalue weighted by Crippen LogP contribution is -2.75. The standard InChI is InChI=1S/C68H102O26/c1-32(70)41-20-23-68(79)66(41,8)49(89-50(74)17-16-38-14-12-11-13-15-38)30-48-65(7)21-19-40(24-39(65)18-22-67(48,68)78)87-51-25-42(71)60(33(2)82-51)91-54-28-45(80-9)62(36(5)85-54)93-53-27-44(73)59(34(3)84-53)90-52-26-43(72)61(35(4)83-52)92-55-29-46(81-10)63(37(6)86-55)94-64-58(77)57(76)56(75)47(31-69)88-64/h11-18,33-37,40-49,51-64,69,71-73,75-79H,19-31H2,1-10H3. The van der Waals surface area contributed by atoms with Crippen LogP contribution in [-0.2, 0) is 80.6 Å². The number of esters is 1. The fraction of sp³-hybridized carbons (Fsp3) is 0.824. The van der Waals surface area contributed by atoms with Gasteiger partial charge in [0.1, 0.15) is 78.0 Å². The van der Waals surface area contributed by atoms with Crippen molar-refractivity contribution < 1.29 is 127 Å². The van der Waals surface area contributed by atoms with Crippen LogP contribution in [0, 0.1) is 22.7 Å². The molecule has 9 fully saturated rings. The summed E-state index contributed by atoms with van der Waals surface area (Å²) in [5, 5.41) is 101. The second-order valence-corrected chi connectivity index (χ2v) is 28.6. The molecule has 26 nitrogen and oxygen atoms in total. The Morgan fingerprint density at radius 2 is 1.09 bits per heavy atom. The molecule has 6 heterocycles. The molecule has 0 aromatic heterocycles. The molecule has 33 unspecified atom stereocenters. The van der Waals surface area contributed by atoms with Gasteiger partial charge in [-0.25, -0.2) is 4.79 Å². The molecule has 26 heteroatoms. The number of rotatable bonds is 19. The summed E-state index contributed by atoms with van der Waals surface area (Å²) in [4.78, 5) is 26.9. The summed E-state index contributed by atoms with van der Waals surface area (Å²) in [6.07, 6.45) is -16.2. The average Bonchev–Trinajstić information content (AvgIpc) is 1.32. The molecule has 0 radical (unpaired) electrons. The third kappa shape index (κ3) is 14.0. The summed E-state index contributed by atoms with van der Waals surface area (Å²) in [6.45, 7) is 13.6. The summed E-state index contributed by atoms with van der Waals surface area (Å²) in [5.41, 5.74) is -3.27. The normalized spacial score (nSPS) is 49.9. The number of benzene rings is 1. The van der Waals surface area contributed by atoms with Crippen LogP contribution < -0.4 is 0 Å². The first kappa shape index (κ1) is 72.2. The second-order valence-electron chi connectivity index (χ2n) is 28.6. The van der Waals surface area contributed by atoms with Crippen molar-refractivity contribution in [2.24, 2.45) is 22.7 Å². The van der Waals surface area contributed by atoms with Crippen LogP contribution in [0.4, 0.5) is 0 Å². The molecule has 11 rings (SSSR count). The SMILES string of the molecule is COC1CC(OC2C(O)CC(OC3CCC4(C)C(=CCC5(O)C4CC(OC(=O)C=Cc4ccccc4)C4(C)C(C(C)=O)CCC54O)C3)OC2C)OC(C)C1OC1CC(O)C(OC2CC(O)C(OC3CC(OC)C(OC4OC(CO)C(O)C(O)C4O)C(C)O3)C(C)O2)C(C)O1. The fourth-order valence-electron chi connectivity index (χ4n) is 17.6. The number of hydrogen-bond acceptors (Lipinski definition) is 26. The predicted octanol–water partition coefficient (Wildman–Crippen LogP) is 2.52. The first-order chi connectivity index (χ1) is 44.6. The zero-order valence-corrected chi connectivity index (χ0v) is 55.5. The van der Waals surface area contributed by atoms with Crippen LogP contribution >= 0.6 is 0 Å². The minimum atomic E-state index is -1.72. The Morgan fingerprint density at radius 1 is 0.596 bits per heavy atom. The number of methoxy groups -OCH3 is 2. The lowest BCUT2D eigenvalue weighted by atomic mass is 9.43. The van der Waals surface area contributed by atoms with Crippen LogP contribution in [0.15, 0.2) is 48.1 Å². The Kier molecular flexibility index (Phi) is 22.5. The molecule has 9 N–H and O–H groups in total. The van der Waals surface area contributed by atoms with Crippen molar-refractivity contribution in [2.45, 2.75) is 310 Å². The molecule has 6 aliphatic heterocycles. The zero-order valence-electron chi connectivity index (χ0n) is 55.5. The van der Waals surface area contributed by atoms with Crippen molar-refractivity contribution in [3.63, 3.8) is 0 Å².